The molecular formula is C11H12ClN2+. The van der Waals surface area contributed by atoms with Crippen LogP contribution in [0.1, 0.15) is 5.56 Å². The first kappa shape index (κ1) is 9.44. The molecule has 1 aromatic rings. The fourth-order valence-electron chi connectivity index (χ4n) is 1.75. The molecule has 0 fully saturated rings. The molecule has 0 saturated heterocycles. The molecule has 0 amide bonds. The normalized spacial score (nSPS) is 24.5. The predicted molar refractivity (Wildman–Crippen MR) is 61.5 cm³/mol. The third-order valence-corrected chi connectivity index (χ3v) is 2.72. The van der Waals surface area contributed by atoms with Gasteiger partial charge in [0.05, 0.1) is 6.21 Å². The smallest absolute Gasteiger partial charge is 0.141 e. The van der Waals surface area contributed by atoms with E-state index in [1.54, 1.807) is 6.21 Å². The van der Waals surface area contributed by atoms with Gasteiger partial charge in [0.15, 0.2) is 5.69 Å². The van der Waals surface area contributed by atoms with E-state index in [0.717, 1.165) is 16.3 Å². The standard InChI is InChI=1S/C11H12ClN2/c1-9-5-3-6-10(12)11(9)14(2)8-4-7-13-14/h3-8H,1-2H3/q+1. The Morgan fingerprint density at radius 2 is 2.14 bits per heavy atom. The molecule has 1 aliphatic rings. The van der Waals surface area contributed by atoms with Crippen molar-refractivity contribution in [1.82, 2.24) is 4.59 Å². The van der Waals surface area contributed by atoms with Gasteiger partial charge in [-0.3, -0.25) is 0 Å². The summed E-state index contributed by atoms with van der Waals surface area (Å²) in [7, 11) is 2.01. The van der Waals surface area contributed by atoms with Crippen LogP contribution in [0.25, 0.3) is 0 Å². The molecule has 2 nitrogen and oxygen atoms in total. The van der Waals surface area contributed by atoms with E-state index in [9.17, 15) is 0 Å². The van der Waals surface area contributed by atoms with E-state index in [4.69, 9.17) is 11.6 Å². The zero-order valence-electron chi connectivity index (χ0n) is 8.24. The highest BCUT2D eigenvalue weighted by Gasteiger charge is 2.29. The summed E-state index contributed by atoms with van der Waals surface area (Å²) in [5.41, 5.74) is 2.20. The molecule has 0 aliphatic carbocycles. The van der Waals surface area contributed by atoms with Crippen LogP contribution < -0.4 is 4.59 Å². The van der Waals surface area contributed by atoms with Crippen molar-refractivity contribution in [2.75, 3.05) is 7.05 Å². The summed E-state index contributed by atoms with van der Waals surface area (Å²) < 4.78 is 0.408. The summed E-state index contributed by atoms with van der Waals surface area (Å²) >= 11 is 6.18. The Morgan fingerprint density at radius 1 is 1.36 bits per heavy atom. The van der Waals surface area contributed by atoms with Crippen LogP contribution in [0.3, 0.4) is 0 Å². The van der Waals surface area contributed by atoms with Gasteiger partial charge >= 0.3 is 0 Å². The fraction of sp³-hybridized carbons (Fsp3) is 0.182. The number of quaternary nitrogens is 1. The summed E-state index contributed by atoms with van der Waals surface area (Å²) in [6.07, 6.45) is 5.74. The summed E-state index contributed by atoms with van der Waals surface area (Å²) in [5, 5.41) is 5.14. The van der Waals surface area contributed by atoms with Gasteiger partial charge in [-0.15, -0.1) is 4.59 Å². The van der Waals surface area contributed by atoms with Crippen molar-refractivity contribution in [3.63, 3.8) is 0 Å². The Morgan fingerprint density at radius 3 is 2.71 bits per heavy atom. The largest absolute Gasteiger partial charge is 0.185 e. The van der Waals surface area contributed by atoms with Crippen LogP contribution in [0.5, 0.6) is 0 Å². The summed E-state index contributed by atoms with van der Waals surface area (Å²) in [6.45, 7) is 2.05. The monoisotopic (exact) mass is 207 g/mol. The van der Waals surface area contributed by atoms with Gasteiger partial charge in [0.1, 0.15) is 18.3 Å². The van der Waals surface area contributed by atoms with E-state index in [1.165, 1.54) is 0 Å². The highest BCUT2D eigenvalue weighted by atomic mass is 35.5. The minimum Gasteiger partial charge on any atom is -0.141 e. The number of nitrogens with zero attached hydrogens (tertiary/aromatic N) is 2. The first-order valence-electron chi connectivity index (χ1n) is 4.49. The van der Waals surface area contributed by atoms with Crippen molar-refractivity contribution in [2.24, 2.45) is 5.10 Å². The average Bonchev–Trinajstić information content (AvgIpc) is 2.52. The number of hydrogen-bond acceptors (Lipinski definition) is 1. The zero-order chi connectivity index (χ0) is 10.2. The van der Waals surface area contributed by atoms with E-state index >= 15 is 0 Å². The first-order chi connectivity index (χ1) is 6.63. The molecule has 0 saturated carbocycles. The third-order valence-electron chi connectivity index (χ3n) is 2.41. The number of para-hydroxylation sites is 1. The summed E-state index contributed by atoms with van der Waals surface area (Å²) in [6, 6.07) is 5.90. The van der Waals surface area contributed by atoms with E-state index in [2.05, 4.69) is 5.10 Å². The molecular weight excluding hydrogens is 196 g/mol. The molecule has 0 radical (unpaired) electrons. The quantitative estimate of drug-likeness (QED) is 0.628. The number of aryl methyl sites for hydroxylation is 1. The highest BCUT2D eigenvalue weighted by molar-refractivity contribution is 6.33. The third kappa shape index (κ3) is 1.37. The van der Waals surface area contributed by atoms with Crippen LogP contribution in [-0.4, -0.2) is 13.3 Å². The van der Waals surface area contributed by atoms with Crippen LogP contribution in [-0.2, 0) is 0 Å². The summed E-state index contributed by atoms with van der Waals surface area (Å²) in [4.78, 5) is 0. The molecule has 3 heteroatoms. The SMILES string of the molecule is Cc1cccc(Cl)c1[N+]1(C)C=CC=N1. The topological polar surface area (TPSA) is 12.4 Å². The van der Waals surface area contributed by atoms with Gasteiger partial charge in [0.2, 0.25) is 0 Å². The molecule has 1 unspecified atom stereocenters. The minimum atomic E-state index is 0.408. The lowest BCUT2D eigenvalue weighted by molar-refractivity contribution is 0.483. The maximum Gasteiger partial charge on any atom is 0.185 e. The number of benzene rings is 1. The van der Waals surface area contributed by atoms with Gasteiger partial charge in [-0.1, -0.05) is 28.8 Å². The number of hydrogen-bond donors (Lipinski definition) is 0. The Balaban J connectivity index is 2.61. The van der Waals surface area contributed by atoms with E-state index in [-0.39, 0.29) is 0 Å². The predicted octanol–water partition coefficient (Wildman–Crippen LogP) is 3.10. The van der Waals surface area contributed by atoms with Crippen LogP contribution in [0, 0.1) is 6.92 Å². The van der Waals surface area contributed by atoms with Gasteiger partial charge in [-0.25, -0.2) is 0 Å². The van der Waals surface area contributed by atoms with Gasteiger partial charge < -0.3 is 0 Å². The molecule has 1 aliphatic heterocycles. The van der Waals surface area contributed by atoms with Crippen molar-refractivity contribution < 1.29 is 0 Å². The van der Waals surface area contributed by atoms with Crippen molar-refractivity contribution in [3.8, 4) is 0 Å². The Hall–Kier alpha value is -1.12. The van der Waals surface area contributed by atoms with Crippen LogP contribution in [0.15, 0.2) is 35.6 Å². The number of halogens is 1. The number of rotatable bonds is 1. The van der Waals surface area contributed by atoms with E-state index in [0.29, 0.717) is 4.59 Å². The second kappa shape index (κ2) is 3.23. The lowest BCUT2D eigenvalue weighted by Crippen LogP contribution is -2.31. The Kier molecular flexibility index (Phi) is 2.17. The maximum absolute atomic E-state index is 6.18. The van der Waals surface area contributed by atoms with Gasteiger partial charge in [-0.05, 0) is 13.0 Å². The first-order valence-corrected chi connectivity index (χ1v) is 4.86. The Labute approximate surface area is 88.7 Å². The molecule has 0 N–H and O–H groups in total. The highest BCUT2D eigenvalue weighted by Crippen LogP contribution is 2.35. The van der Waals surface area contributed by atoms with Crippen molar-refractivity contribution >= 4 is 23.5 Å². The second-order valence-corrected chi connectivity index (χ2v) is 3.94. The lowest BCUT2D eigenvalue weighted by Gasteiger charge is -2.22. The molecule has 1 heterocycles. The Bertz CT molecular complexity index is 389. The van der Waals surface area contributed by atoms with Crippen LogP contribution in [0.4, 0.5) is 5.69 Å². The maximum atomic E-state index is 6.18. The van der Waals surface area contributed by atoms with Gasteiger partial charge in [-0.2, -0.15) is 0 Å². The molecule has 72 valence electrons. The van der Waals surface area contributed by atoms with Crippen LogP contribution in [0.2, 0.25) is 5.02 Å². The average molecular weight is 208 g/mol. The lowest BCUT2D eigenvalue weighted by atomic mass is 10.2. The number of allylic oxidation sites excluding steroid dienone is 1. The minimum absolute atomic E-state index is 0.408. The molecule has 0 aromatic heterocycles. The molecule has 0 spiro atoms. The van der Waals surface area contributed by atoms with Crippen LogP contribution >= 0.6 is 11.6 Å². The van der Waals surface area contributed by atoms with Gasteiger partial charge in [0.25, 0.3) is 0 Å². The van der Waals surface area contributed by atoms with Crippen molar-refractivity contribution in [2.45, 2.75) is 6.92 Å². The zero-order valence-corrected chi connectivity index (χ0v) is 8.99. The van der Waals surface area contributed by atoms with Crippen molar-refractivity contribution in [1.29, 1.82) is 0 Å². The molecule has 14 heavy (non-hydrogen) atoms. The van der Waals surface area contributed by atoms with E-state index in [1.807, 2.05) is 44.4 Å². The van der Waals surface area contributed by atoms with Crippen molar-refractivity contribution in [3.05, 3.63) is 41.1 Å². The molecule has 2 rings (SSSR count). The second-order valence-electron chi connectivity index (χ2n) is 3.54. The summed E-state index contributed by atoms with van der Waals surface area (Å²) in [5.74, 6) is 0. The van der Waals surface area contributed by atoms with Gasteiger partial charge in [0, 0.05) is 11.6 Å². The molecule has 0 bridgehead atoms. The fourth-order valence-corrected chi connectivity index (χ4v) is 2.14. The molecule has 1 aromatic carbocycles. The van der Waals surface area contributed by atoms with E-state index < -0.39 is 0 Å². The molecule has 1 atom stereocenters.